The summed E-state index contributed by atoms with van der Waals surface area (Å²) in [7, 11) is 0. The molecule has 1 aliphatic heterocycles. The molecule has 7 nitrogen and oxygen atoms in total. The molecule has 0 radical (unpaired) electrons. The number of hydrogen-bond acceptors (Lipinski definition) is 4. The van der Waals surface area contributed by atoms with E-state index in [4.69, 9.17) is 0 Å². The third-order valence-electron chi connectivity index (χ3n) is 6.06. The maximum atomic E-state index is 13.2. The molecule has 0 aromatic carbocycles. The fourth-order valence-corrected chi connectivity index (χ4v) is 4.22. The molecule has 1 saturated heterocycles. The van der Waals surface area contributed by atoms with Crippen molar-refractivity contribution in [3.05, 3.63) is 47.2 Å². The van der Waals surface area contributed by atoms with E-state index in [0.717, 1.165) is 55.1 Å². The van der Waals surface area contributed by atoms with Gasteiger partial charge in [-0.1, -0.05) is 5.21 Å². The summed E-state index contributed by atoms with van der Waals surface area (Å²) in [5.74, 6) is 1.28. The summed E-state index contributed by atoms with van der Waals surface area (Å²) in [5, 5.41) is 8.60. The Kier molecular flexibility index (Phi) is 4.18. The van der Waals surface area contributed by atoms with E-state index in [9.17, 15) is 4.79 Å². The summed E-state index contributed by atoms with van der Waals surface area (Å²) in [4.78, 5) is 19.7. The molecule has 0 spiro atoms. The lowest BCUT2D eigenvalue weighted by molar-refractivity contribution is 0.0673. The van der Waals surface area contributed by atoms with E-state index in [1.807, 2.05) is 46.2 Å². The van der Waals surface area contributed by atoms with Gasteiger partial charge < -0.3 is 4.90 Å². The van der Waals surface area contributed by atoms with Gasteiger partial charge in [-0.25, -0.2) is 4.98 Å². The van der Waals surface area contributed by atoms with Gasteiger partial charge in [-0.05, 0) is 63.1 Å². The molecular formula is C21H26N6O. The van der Waals surface area contributed by atoms with Crippen LogP contribution in [0.4, 0.5) is 0 Å². The Morgan fingerprint density at radius 1 is 1.18 bits per heavy atom. The molecule has 1 aliphatic carbocycles. The van der Waals surface area contributed by atoms with Gasteiger partial charge in [-0.3, -0.25) is 13.9 Å². The van der Waals surface area contributed by atoms with Crippen LogP contribution >= 0.6 is 0 Å². The molecule has 3 aromatic heterocycles. The molecule has 0 N–H and O–H groups in total. The number of piperidine rings is 1. The van der Waals surface area contributed by atoms with E-state index in [2.05, 4.69) is 21.5 Å². The van der Waals surface area contributed by atoms with Crippen molar-refractivity contribution in [2.24, 2.45) is 5.92 Å². The number of fused-ring (bicyclic) bond motifs is 1. The van der Waals surface area contributed by atoms with E-state index >= 15 is 0 Å². The topological polar surface area (TPSA) is 68.3 Å². The maximum Gasteiger partial charge on any atom is 0.272 e. The van der Waals surface area contributed by atoms with Gasteiger partial charge in [-0.2, -0.15) is 0 Å². The first-order chi connectivity index (χ1) is 13.6. The van der Waals surface area contributed by atoms with Crippen LogP contribution in [0.5, 0.6) is 0 Å². The van der Waals surface area contributed by atoms with Crippen molar-refractivity contribution in [1.29, 1.82) is 0 Å². The Labute approximate surface area is 164 Å². The van der Waals surface area contributed by atoms with Gasteiger partial charge in [0.25, 0.3) is 5.91 Å². The zero-order chi connectivity index (χ0) is 19.3. The Morgan fingerprint density at radius 2 is 1.96 bits per heavy atom. The standard InChI is InChI=1S/C21H26N6O/c1-14-5-10-27-19(11-14)22-15(2)20(27)21(28)25-8-6-16(7-9-25)12-26-13-18(23-24-26)17-3-4-17/h5,10-11,13,16-17H,3-4,6-9,12H2,1-2H3. The minimum atomic E-state index is 0.0871. The lowest BCUT2D eigenvalue weighted by Crippen LogP contribution is -2.40. The molecule has 0 atom stereocenters. The minimum Gasteiger partial charge on any atom is -0.337 e. The van der Waals surface area contributed by atoms with E-state index in [1.165, 1.54) is 12.8 Å². The van der Waals surface area contributed by atoms with E-state index in [1.54, 1.807) is 0 Å². The third-order valence-corrected chi connectivity index (χ3v) is 6.06. The SMILES string of the molecule is Cc1ccn2c(C(=O)N3CCC(Cn4cc(C5CC5)nn4)CC3)c(C)nc2c1. The molecule has 7 heteroatoms. The van der Waals surface area contributed by atoms with Crippen molar-refractivity contribution in [3.63, 3.8) is 0 Å². The number of imidazole rings is 1. The molecule has 5 rings (SSSR count). The largest absolute Gasteiger partial charge is 0.337 e. The molecule has 2 fully saturated rings. The molecule has 3 aromatic rings. The summed E-state index contributed by atoms with van der Waals surface area (Å²) in [6, 6.07) is 4.04. The molecule has 1 saturated carbocycles. The molecule has 146 valence electrons. The highest BCUT2D eigenvalue weighted by atomic mass is 16.2. The molecular weight excluding hydrogens is 352 g/mol. The second-order valence-electron chi connectivity index (χ2n) is 8.35. The quantitative estimate of drug-likeness (QED) is 0.700. The van der Waals surface area contributed by atoms with Gasteiger partial charge in [0.15, 0.2) is 0 Å². The Morgan fingerprint density at radius 3 is 2.71 bits per heavy atom. The predicted molar refractivity (Wildman–Crippen MR) is 105 cm³/mol. The van der Waals surface area contributed by atoms with Crippen LogP contribution in [0, 0.1) is 19.8 Å². The van der Waals surface area contributed by atoms with Crippen molar-refractivity contribution < 1.29 is 4.79 Å². The summed E-state index contributed by atoms with van der Waals surface area (Å²) >= 11 is 0. The number of likely N-dealkylation sites (tertiary alicyclic amines) is 1. The highest BCUT2D eigenvalue weighted by Gasteiger charge is 2.29. The third kappa shape index (κ3) is 3.19. The first kappa shape index (κ1) is 17.4. The smallest absolute Gasteiger partial charge is 0.272 e. The van der Waals surface area contributed by atoms with Gasteiger partial charge >= 0.3 is 0 Å². The number of amides is 1. The number of carbonyl (C=O) groups excluding carboxylic acids is 1. The van der Waals surface area contributed by atoms with Crippen LogP contribution in [0.2, 0.25) is 0 Å². The molecule has 28 heavy (non-hydrogen) atoms. The molecule has 2 aliphatic rings. The highest BCUT2D eigenvalue weighted by Crippen LogP contribution is 2.38. The van der Waals surface area contributed by atoms with Crippen LogP contribution in [0.15, 0.2) is 24.5 Å². The number of aryl methyl sites for hydroxylation is 2. The van der Waals surface area contributed by atoms with Crippen molar-refractivity contribution >= 4 is 11.6 Å². The van der Waals surface area contributed by atoms with Gasteiger partial charge in [0.05, 0.1) is 11.4 Å². The van der Waals surface area contributed by atoms with Gasteiger partial charge in [0.2, 0.25) is 0 Å². The van der Waals surface area contributed by atoms with Crippen molar-refractivity contribution in [1.82, 2.24) is 29.3 Å². The predicted octanol–water partition coefficient (Wildman–Crippen LogP) is 2.97. The molecule has 1 amide bonds. The normalized spacial score (nSPS) is 18.1. The number of hydrogen-bond donors (Lipinski definition) is 0. The average Bonchev–Trinajstić information content (AvgIpc) is 3.34. The Hall–Kier alpha value is -2.70. The van der Waals surface area contributed by atoms with E-state index < -0.39 is 0 Å². The van der Waals surface area contributed by atoms with E-state index in [-0.39, 0.29) is 5.91 Å². The maximum absolute atomic E-state index is 13.2. The fraction of sp³-hybridized carbons (Fsp3) is 0.524. The van der Waals surface area contributed by atoms with Gasteiger partial charge in [0, 0.05) is 37.9 Å². The summed E-state index contributed by atoms with van der Waals surface area (Å²) in [6.07, 6.45) is 8.56. The second-order valence-corrected chi connectivity index (χ2v) is 8.35. The number of rotatable bonds is 4. The van der Waals surface area contributed by atoms with Crippen molar-refractivity contribution in [2.75, 3.05) is 13.1 Å². The number of pyridine rings is 1. The number of nitrogens with zero attached hydrogens (tertiary/aromatic N) is 6. The number of carbonyl (C=O) groups is 1. The average molecular weight is 378 g/mol. The van der Waals surface area contributed by atoms with Crippen LogP contribution < -0.4 is 0 Å². The van der Waals surface area contributed by atoms with Crippen LogP contribution in [0.25, 0.3) is 5.65 Å². The lowest BCUT2D eigenvalue weighted by Gasteiger charge is -2.31. The molecule has 4 heterocycles. The summed E-state index contributed by atoms with van der Waals surface area (Å²) in [6.45, 7) is 6.43. The molecule has 0 bridgehead atoms. The molecule has 0 unspecified atom stereocenters. The van der Waals surface area contributed by atoms with Crippen molar-refractivity contribution in [2.45, 2.75) is 52.0 Å². The Balaban J connectivity index is 1.25. The van der Waals surface area contributed by atoms with Gasteiger partial charge in [0.1, 0.15) is 11.3 Å². The van der Waals surface area contributed by atoms with Crippen LogP contribution in [-0.4, -0.2) is 48.3 Å². The zero-order valence-corrected chi connectivity index (χ0v) is 16.5. The monoisotopic (exact) mass is 378 g/mol. The summed E-state index contributed by atoms with van der Waals surface area (Å²) in [5.41, 5.74) is 4.63. The van der Waals surface area contributed by atoms with E-state index in [0.29, 0.717) is 17.5 Å². The zero-order valence-electron chi connectivity index (χ0n) is 16.5. The first-order valence-corrected chi connectivity index (χ1v) is 10.2. The van der Waals surface area contributed by atoms with Crippen LogP contribution in [0.1, 0.15) is 59.0 Å². The lowest BCUT2D eigenvalue weighted by atomic mass is 9.96. The fourth-order valence-electron chi connectivity index (χ4n) is 4.22. The van der Waals surface area contributed by atoms with Crippen LogP contribution in [-0.2, 0) is 6.54 Å². The second kappa shape index (κ2) is 6.72. The Bertz CT molecular complexity index is 1020. The number of aromatic nitrogens is 5. The minimum absolute atomic E-state index is 0.0871. The highest BCUT2D eigenvalue weighted by molar-refractivity contribution is 5.94. The van der Waals surface area contributed by atoms with Crippen molar-refractivity contribution in [3.8, 4) is 0 Å². The summed E-state index contributed by atoms with van der Waals surface area (Å²) < 4.78 is 3.92. The first-order valence-electron chi connectivity index (χ1n) is 10.2. The van der Waals surface area contributed by atoms with Crippen LogP contribution in [0.3, 0.4) is 0 Å². The van der Waals surface area contributed by atoms with Gasteiger partial charge in [-0.15, -0.1) is 5.10 Å².